The first kappa shape index (κ1) is 14.1. The zero-order chi connectivity index (χ0) is 15.7. The Kier molecular flexibility index (Phi) is 3.55. The molecule has 2 amide bonds. The van der Waals surface area contributed by atoms with Crippen LogP contribution < -0.4 is 0 Å². The van der Waals surface area contributed by atoms with Crippen molar-refractivity contribution in [2.45, 2.75) is 12.5 Å². The Morgan fingerprint density at radius 2 is 1.50 bits per heavy atom. The summed E-state index contributed by atoms with van der Waals surface area (Å²) < 4.78 is 14.0. The quantitative estimate of drug-likeness (QED) is 0.644. The molecule has 4 nitrogen and oxygen atoms in total. The van der Waals surface area contributed by atoms with Crippen LogP contribution in [0.3, 0.4) is 0 Å². The fraction of sp³-hybridized carbons (Fsp3) is 0.118. The van der Waals surface area contributed by atoms with E-state index in [0.717, 1.165) is 4.90 Å². The number of imide groups is 1. The summed E-state index contributed by atoms with van der Waals surface area (Å²) in [6, 6.07) is 11.3. The van der Waals surface area contributed by atoms with Gasteiger partial charge in [0, 0.05) is 12.0 Å². The lowest BCUT2D eigenvalue weighted by molar-refractivity contribution is -0.108. The van der Waals surface area contributed by atoms with E-state index in [2.05, 4.69) is 0 Å². The zero-order valence-electron chi connectivity index (χ0n) is 11.5. The molecule has 0 bridgehead atoms. The molecular weight excluding hydrogens is 285 g/mol. The van der Waals surface area contributed by atoms with Crippen LogP contribution in [0.1, 0.15) is 38.7 Å². The Bertz CT molecular complexity index is 737. The number of carbonyl (C=O) groups excluding carboxylic acids is 3. The number of fused-ring (bicyclic) bond motifs is 1. The molecule has 1 aliphatic rings. The van der Waals surface area contributed by atoms with Crippen molar-refractivity contribution in [1.29, 1.82) is 0 Å². The van der Waals surface area contributed by atoms with Gasteiger partial charge >= 0.3 is 0 Å². The van der Waals surface area contributed by atoms with Gasteiger partial charge in [-0.1, -0.05) is 30.3 Å². The summed E-state index contributed by atoms with van der Waals surface area (Å²) in [7, 11) is 0. The van der Waals surface area contributed by atoms with E-state index in [4.69, 9.17) is 0 Å². The third kappa shape index (κ3) is 2.11. The first-order valence-electron chi connectivity index (χ1n) is 6.80. The Balaban J connectivity index is 2.08. The average molecular weight is 297 g/mol. The summed E-state index contributed by atoms with van der Waals surface area (Å²) in [5.74, 6) is -1.56. The van der Waals surface area contributed by atoms with Crippen LogP contribution >= 0.6 is 0 Å². The van der Waals surface area contributed by atoms with E-state index in [1.54, 1.807) is 30.3 Å². The second-order valence-corrected chi connectivity index (χ2v) is 4.97. The Morgan fingerprint density at radius 3 is 2.05 bits per heavy atom. The fourth-order valence-electron chi connectivity index (χ4n) is 2.70. The Morgan fingerprint density at radius 1 is 0.955 bits per heavy atom. The third-order valence-electron chi connectivity index (χ3n) is 3.72. The number of rotatable bonds is 4. The normalized spacial score (nSPS) is 14.9. The van der Waals surface area contributed by atoms with E-state index in [1.165, 1.54) is 18.2 Å². The molecule has 3 rings (SSSR count). The molecule has 0 spiro atoms. The minimum atomic E-state index is -0.939. The molecule has 22 heavy (non-hydrogen) atoms. The number of hydrogen-bond acceptors (Lipinski definition) is 3. The van der Waals surface area contributed by atoms with Crippen molar-refractivity contribution in [2.24, 2.45) is 0 Å². The van der Waals surface area contributed by atoms with Crippen LogP contribution in [-0.2, 0) is 4.79 Å². The van der Waals surface area contributed by atoms with Crippen molar-refractivity contribution >= 4 is 18.1 Å². The van der Waals surface area contributed by atoms with Gasteiger partial charge in [0.05, 0.1) is 17.2 Å². The van der Waals surface area contributed by atoms with Gasteiger partial charge in [-0.05, 0) is 18.2 Å². The molecule has 0 aromatic heterocycles. The van der Waals surface area contributed by atoms with Gasteiger partial charge in [0.15, 0.2) is 0 Å². The predicted molar refractivity (Wildman–Crippen MR) is 76.8 cm³/mol. The molecule has 0 N–H and O–H groups in total. The summed E-state index contributed by atoms with van der Waals surface area (Å²) >= 11 is 0. The molecule has 0 saturated carbocycles. The zero-order valence-corrected chi connectivity index (χ0v) is 11.5. The van der Waals surface area contributed by atoms with Gasteiger partial charge in [-0.3, -0.25) is 14.5 Å². The number of benzene rings is 2. The number of halogens is 1. The summed E-state index contributed by atoms with van der Waals surface area (Å²) in [6.07, 6.45) is 0.438. The predicted octanol–water partition coefficient (Wildman–Crippen LogP) is 2.75. The minimum absolute atomic E-state index is 0.146. The van der Waals surface area contributed by atoms with Crippen LogP contribution in [0.5, 0.6) is 0 Å². The van der Waals surface area contributed by atoms with Crippen molar-refractivity contribution in [3.05, 3.63) is 71.0 Å². The van der Waals surface area contributed by atoms with Gasteiger partial charge < -0.3 is 4.79 Å². The highest BCUT2D eigenvalue weighted by molar-refractivity contribution is 6.21. The van der Waals surface area contributed by atoms with Gasteiger partial charge in [-0.2, -0.15) is 0 Å². The van der Waals surface area contributed by atoms with Gasteiger partial charge in [-0.25, -0.2) is 4.39 Å². The highest BCUT2D eigenvalue weighted by Crippen LogP contribution is 2.33. The SMILES string of the molecule is O=CCC(c1ccccc1F)N1C(=O)c2ccccc2C1=O. The first-order valence-corrected chi connectivity index (χ1v) is 6.80. The summed E-state index contributed by atoms with van der Waals surface area (Å²) in [6.45, 7) is 0. The maximum Gasteiger partial charge on any atom is 0.262 e. The van der Waals surface area contributed by atoms with Crippen LogP contribution in [0.25, 0.3) is 0 Å². The largest absolute Gasteiger partial charge is 0.303 e. The van der Waals surface area contributed by atoms with Gasteiger partial charge in [0.2, 0.25) is 0 Å². The smallest absolute Gasteiger partial charge is 0.262 e. The summed E-state index contributed by atoms with van der Waals surface area (Å²) in [5.41, 5.74) is 0.712. The van der Waals surface area contributed by atoms with Crippen molar-refractivity contribution in [2.75, 3.05) is 0 Å². The van der Waals surface area contributed by atoms with Crippen molar-refractivity contribution in [3.8, 4) is 0 Å². The minimum Gasteiger partial charge on any atom is -0.303 e. The van der Waals surface area contributed by atoms with Crippen LogP contribution in [0, 0.1) is 5.82 Å². The van der Waals surface area contributed by atoms with E-state index < -0.39 is 23.7 Å². The van der Waals surface area contributed by atoms with Crippen LogP contribution in [-0.4, -0.2) is 23.0 Å². The second kappa shape index (κ2) is 5.52. The lowest BCUT2D eigenvalue weighted by Gasteiger charge is -2.25. The average Bonchev–Trinajstić information content (AvgIpc) is 2.78. The van der Waals surface area contributed by atoms with E-state index in [-0.39, 0.29) is 23.1 Å². The van der Waals surface area contributed by atoms with E-state index >= 15 is 0 Å². The molecule has 1 aliphatic heterocycles. The van der Waals surface area contributed by atoms with E-state index in [1.807, 2.05) is 0 Å². The molecule has 1 atom stereocenters. The van der Waals surface area contributed by atoms with Gasteiger partial charge in [0.1, 0.15) is 12.1 Å². The highest BCUT2D eigenvalue weighted by Gasteiger charge is 2.40. The summed E-state index contributed by atoms with van der Waals surface area (Å²) in [5, 5.41) is 0. The van der Waals surface area contributed by atoms with E-state index in [0.29, 0.717) is 6.29 Å². The summed E-state index contributed by atoms with van der Waals surface area (Å²) in [4.78, 5) is 36.9. The van der Waals surface area contributed by atoms with Crippen LogP contribution in [0.4, 0.5) is 4.39 Å². The van der Waals surface area contributed by atoms with Crippen LogP contribution in [0.15, 0.2) is 48.5 Å². The number of hydrogen-bond donors (Lipinski definition) is 0. The van der Waals surface area contributed by atoms with Crippen LogP contribution in [0.2, 0.25) is 0 Å². The molecule has 1 heterocycles. The van der Waals surface area contributed by atoms with Crippen molar-refractivity contribution in [1.82, 2.24) is 4.90 Å². The van der Waals surface area contributed by atoms with E-state index in [9.17, 15) is 18.8 Å². The van der Waals surface area contributed by atoms with Gasteiger partial charge in [0.25, 0.3) is 11.8 Å². The molecule has 0 aliphatic carbocycles. The number of aldehydes is 1. The molecule has 2 aromatic carbocycles. The standard InChI is InChI=1S/C17H12FNO3/c18-14-8-4-3-7-13(14)15(9-10-20)19-16(21)11-5-1-2-6-12(11)17(19)22/h1-8,10,15H,9H2. The molecule has 0 fully saturated rings. The second-order valence-electron chi connectivity index (χ2n) is 4.97. The van der Waals surface area contributed by atoms with Gasteiger partial charge in [-0.15, -0.1) is 0 Å². The highest BCUT2D eigenvalue weighted by atomic mass is 19.1. The fourth-order valence-corrected chi connectivity index (χ4v) is 2.70. The molecule has 0 saturated heterocycles. The lowest BCUT2D eigenvalue weighted by Crippen LogP contribution is -2.34. The Labute approximate surface area is 126 Å². The Hall–Kier alpha value is -2.82. The monoisotopic (exact) mass is 297 g/mol. The molecule has 1 unspecified atom stereocenters. The number of amides is 2. The molecular formula is C17H12FNO3. The molecule has 2 aromatic rings. The molecule has 5 heteroatoms. The molecule has 0 radical (unpaired) electrons. The number of carbonyl (C=O) groups is 3. The maximum atomic E-state index is 14.0. The first-order chi connectivity index (χ1) is 10.6. The topological polar surface area (TPSA) is 54.5 Å². The van der Waals surface area contributed by atoms with Crippen molar-refractivity contribution < 1.29 is 18.8 Å². The molecule has 110 valence electrons. The number of nitrogens with zero attached hydrogens (tertiary/aromatic N) is 1. The lowest BCUT2D eigenvalue weighted by atomic mass is 10.0. The maximum absolute atomic E-state index is 14.0. The third-order valence-corrected chi connectivity index (χ3v) is 3.72. The van der Waals surface area contributed by atoms with Crippen molar-refractivity contribution in [3.63, 3.8) is 0 Å².